The average Bonchev–Trinajstić information content (AvgIpc) is 1.94. The monoisotopic (exact) mass is 217 g/mol. The number of pyridine rings is 1. The first-order chi connectivity index (χ1) is 4.74. The summed E-state index contributed by atoms with van der Waals surface area (Å²) in [4.78, 5) is 5.34. The van der Waals surface area contributed by atoms with Crippen LogP contribution in [0.4, 0.5) is 0 Å². The maximum absolute atomic E-state index is 4.15. The number of nitrogens with zero attached hydrogens (tertiary/aromatic N) is 1. The Kier molecular flexibility index (Phi) is 2.74. The highest BCUT2D eigenvalue weighted by atomic mass is 79.9. The first kappa shape index (κ1) is 8.08. The van der Waals surface area contributed by atoms with Crippen LogP contribution in [0, 0.1) is 6.92 Å². The van der Waals surface area contributed by atoms with Crippen LogP contribution in [0.1, 0.15) is 5.56 Å². The smallest absolute Gasteiger partial charge is 0.119 e. The van der Waals surface area contributed by atoms with Gasteiger partial charge in [0, 0.05) is 11.1 Å². The normalized spacial score (nSPS) is 9.90. The summed E-state index contributed by atoms with van der Waals surface area (Å²) in [6.07, 6.45) is 3.89. The summed E-state index contributed by atoms with van der Waals surface area (Å²) >= 11 is 5.06. The average molecular weight is 218 g/mol. The van der Waals surface area contributed by atoms with Crippen LogP contribution in [0.5, 0.6) is 0 Å². The van der Waals surface area contributed by atoms with Crippen LogP contribution >= 0.6 is 27.7 Å². The van der Waals surface area contributed by atoms with Gasteiger partial charge in [0.1, 0.15) is 4.60 Å². The fraction of sp³-hybridized carbons (Fsp3) is 0.286. The van der Waals surface area contributed by atoms with Crippen molar-refractivity contribution in [1.29, 1.82) is 0 Å². The van der Waals surface area contributed by atoms with Gasteiger partial charge in [0.15, 0.2) is 0 Å². The molecular formula is C7H8BrNS. The second kappa shape index (κ2) is 3.39. The number of aromatic nitrogens is 1. The minimum atomic E-state index is 0.936. The lowest BCUT2D eigenvalue weighted by Gasteiger charge is -1.99. The lowest BCUT2D eigenvalue weighted by atomic mass is 10.3. The summed E-state index contributed by atoms with van der Waals surface area (Å²) in [5, 5.41) is 0. The van der Waals surface area contributed by atoms with Crippen molar-refractivity contribution in [1.82, 2.24) is 4.98 Å². The predicted octanol–water partition coefficient (Wildman–Crippen LogP) is 2.87. The van der Waals surface area contributed by atoms with Crippen LogP contribution in [-0.2, 0) is 0 Å². The predicted molar refractivity (Wildman–Crippen MR) is 48.5 cm³/mol. The summed E-state index contributed by atoms with van der Waals surface area (Å²) < 4.78 is 0.936. The molecule has 0 N–H and O–H groups in total. The summed E-state index contributed by atoms with van der Waals surface area (Å²) in [5.74, 6) is 0. The van der Waals surface area contributed by atoms with Gasteiger partial charge < -0.3 is 0 Å². The van der Waals surface area contributed by atoms with Crippen LogP contribution in [0.15, 0.2) is 21.8 Å². The summed E-state index contributed by atoms with van der Waals surface area (Å²) in [6, 6.07) is 2.11. The van der Waals surface area contributed by atoms with Crippen molar-refractivity contribution in [2.75, 3.05) is 6.26 Å². The zero-order valence-corrected chi connectivity index (χ0v) is 8.29. The van der Waals surface area contributed by atoms with Crippen LogP contribution in [0.3, 0.4) is 0 Å². The maximum Gasteiger partial charge on any atom is 0.119 e. The fourth-order valence-electron chi connectivity index (χ4n) is 0.669. The summed E-state index contributed by atoms with van der Waals surface area (Å²) in [5.41, 5.74) is 1.20. The largest absolute Gasteiger partial charge is 0.248 e. The van der Waals surface area contributed by atoms with E-state index >= 15 is 0 Å². The van der Waals surface area contributed by atoms with Crippen molar-refractivity contribution in [3.8, 4) is 0 Å². The van der Waals surface area contributed by atoms with Crippen molar-refractivity contribution in [3.63, 3.8) is 0 Å². The molecular weight excluding hydrogens is 210 g/mol. The minimum absolute atomic E-state index is 0.936. The van der Waals surface area contributed by atoms with E-state index in [1.165, 1.54) is 10.5 Å². The molecule has 0 aliphatic carbocycles. The quantitative estimate of drug-likeness (QED) is 0.531. The Morgan fingerprint density at radius 3 is 2.80 bits per heavy atom. The number of hydrogen-bond donors (Lipinski definition) is 0. The molecule has 1 rings (SSSR count). The number of thioether (sulfide) groups is 1. The molecule has 0 fully saturated rings. The molecule has 1 aromatic heterocycles. The molecule has 0 unspecified atom stereocenters. The highest BCUT2D eigenvalue weighted by Gasteiger charge is 1.97. The first-order valence-corrected chi connectivity index (χ1v) is 4.92. The van der Waals surface area contributed by atoms with E-state index in [0.717, 1.165) is 4.60 Å². The van der Waals surface area contributed by atoms with Crippen molar-refractivity contribution < 1.29 is 0 Å². The highest BCUT2D eigenvalue weighted by Crippen LogP contribution is 2.23. The van der Waals surface area contributed by atoms with E-state index in [0.29, 0.717) is 0 Å². The van der Waals surface area contributed by atoms with Gasteiger partial charge in [-0.15, -0.1) is 11.8 Å². The third kappa shape index (κ3) is 1.73. The molecule has 1 heterocycles. The fourth-order valence-corrected chi connectivity index (χ4v) is 1.90. The lowest BCUT2D eigenvalue weighted by Crippen LogP contribution is -1.81. The molecule has 10 heavy (non-hydrogen) atoms. The van der Waals surface area contributed by atoms with Gasteiger partial charge in [-0.1, -0.05) is 0 Å². The standard InChI is InChI=1S/C7H8BrNS/c1-5-3-6(10-2)7(8)9-4-5/h3-4H,1-2H3. The van der Waals surface area contributed by atoms with E-state index in [-0.39, 0.29) is 0 Å². The Bertz CT molecular complexity index is 237. The van der Waals surface area contributed by atoms with Gasteiger partial charge in [-0.25, -0.2) is 4.98 Å². The Balaban J connectivity index is 3.09. The van der Waals surface area contributed by atoms with Crippen LogP contribution in [0.25, 0.3) is 0 Å². The number of aryl methyl sites for hydroxylation is 1. The molecule has 0 radical (unpaired) electrons. The molecule has 1 nitrogen and oxygen atoms in total. The Morgan fingerprint density at radius 1 is 1.60 bits per heavy atom. The Morgan fingerprint density at radius 2 is 2.30 bits per heavy atom. The molecule has 0 bridgehead atoms. The minimum Gasteiger partial charge on any atom is -0.248 e. The van der Waals surface area contributed by atoms with Gasteiger partial charge in [0.25, 0.3) is 0 Å². The first-order valence-electron chi connectivity index (χ1n) is 2.90. The SMILES string of the molecule is CSc1cc(C)cnc1Br. The van der Waals surface area contributed by atoms with Crippen molar-refractivity contribution in [2.45, 2.75) is 11.8 Å². The van der Waals surface area contributed by atoms with E-state index in [1.54, 1.807) is 11.8 Å². The van der Waals surface area contributed by atoms with Crippen LogP contribution in [0.2, 0.25) is 0 Å². The van der Waals surface area contributed by atoms with E-state index < -0.39 is 0 Å². The molecule has 1 aromatic rings. The van der Waals surface area contributed by atoms with Crippen molar-refractivity contribution in [2.24, 2.45) is 0 Å². The Hall–Kier alpha value is -0.0200. The maximum atomic E-state index is 4.15. The van der Waals surface area contributed by atoms with E-state index in [4.69, 9.17) is 0 Å². The highest BCUT2D eigenvalue weighted by molar-refractivity contribution is 9.10. The number of rotatable bonds is 1. The van der Waals surface area contributed by atoms with Gasteiger partial charge in [0.2, 0.25) is 0 Å². The molecule has 0 spiro atoms. The van der Waals surface area contributed by atoms with Crippen LogP contribution < -0.4 is 0 Å². The molecule has 54 valence electrons. The molecule has 0 saturated heterocycles. The number of hydrogen-bond acceptors (Lipinski definition) is 2. The zero-order chi connectivity index (χ0) is 7.56. The Labute approximate surface area is 73.4 Å². The molecule has 0 aliphatic heterocycles. The third-order valence-corrected chi connectivity index (χ3v) is 2.81. The van der Waals surface area contributed by atoms with Gasteiger partial charge in [-0.3, -0.25) is 0 Å². The molecule has 0 aliphatic rings. The van der Waals surface area contributed by atoms with Crippen molar-refractivity contribution >= 4 is 27.7 Å². The molecule has 0 atom stereocenters. The van der Waals surface area contributed by atoms with Crippen molar-refractivity contribution in [3.05, 3.63) is 22.4 Å². The van der Waals surface area contributed by atoms with E-state index in [9.17, 15) is 0 Å². The molecule has 0 aromatic carbocycles. The molecule has 0 amide bonds. The third-order valence-electron chi connectivity index (χ3n) is 1.16. The topological polar surface area (TPSA) is 12.9 Å². The second-order valence-corrected chi connectivity index (χ2v) is 3.60. The van der Waals surface area contributed by atoms with Crippen LogP contribution in [-0.4, -0.2) is 11.2 Å². The summed E-state index contributed by atoms with van der Waals surface area (Å²) in [7, 11) is 0. The van der Waals surface area contributed by atoms with E-state index in [2.05, 4.69) is 27.0 Å². The van der Waals surface area contributed by atoms with Gasteiger partial charge >= 0.3 is 0 Å². The lowest BCUT2D eigenvalue weighted by molar-refractivity contribution is 1.14. The van der Waals surface area contributed by atoms with Gasteiger partial charge in [0.05, 0.1) is 0 Å². The van der Waals surface area contributed by atoms with Gasteiger partial charge in [-0.05, 0) is 40.7 Å². The second-order valence-electron chi connectivity index (χ2n) is 2.01. The van der Waals surface area contributed by atoms with E-state index in [1.807, 2.05) is 19.4 Å². The number of halogens is 1. The molecule has 0 saturated carbocycles. The summed E-state index contributed by atoms with van der Waals surface area (Å²) in [6.45, 7) is 2.04. The molecule has 3 heteroatoms. The zero-order valence-electron chi connectivity index (χ0n) is 5.89. The van der Waals surface area contributed by atoms with Gasteiger partial charge in [-0.2, -0.15) is 0 Å².